The Morgan fingerprint density at radius 2 is 1.96 bits per heavy atom. The van der Waals surface area contributed by atoms with Gasteiger partial charge in [-0.2, -0.15) is 8.78 Å². The molecule has 0 atom stereocenters. The van der Waals surface area contributed by atoms with Crippen molar-refractivity contribution in [3.63, 3.8) is 0 Å². The molecule has 4 nitrogen and oxygen atoms in total. The van der Waals surface area contributed by atoms with Crippen molar-refractivity contribution in [2.45, 2.75) is 13.0 Å². The molecule has 0 saturated heterocycles. The van der Waals surface area contributed by atoms with Gasteiger partial charge in [0.15, 0.2) is 11.5 Å². The van der Waals surface area contributed by atoms with Gasteiger partial charge in [-0.3, -0.25) is 4.79 Å². The number of carbonyl (C=O) groups is 1. The van der Waals surface area contributed by atoms with Crippen molar-refractivity contribution in [2.75, 3.05) is 13.7 Å². The summed E-state index contributed by atoms with van der Waals surface area (Å²) in [6, 6.07) is 8.41. The normalized spacial score (nSPS) is 10.6. The van der Waals surface area contributed by atoms with Crippen molar-refractivity contribution < 1.29 is 27.4 Å². The number of ether oxygens (including phenoxy) is 2. The van der Waals surface area contributed by atoms with Gasteiger partial charge in [-0.25, -0.2) is 4.39 Å². The molecular formula is C17H15BrF3NO3. The van der Waals surface area contributed by atoms with Crippen LogP contribution in [0.25, 0.3) is 0 Å². The number of methoxy groups -OCH3 is 1. The second-order valence-corrected chi connectivity index (χ2v) is 5.85. The van der Waals surface area contributed by atoms with E-state index in [-0.39, 0.29) is 24.0 Å². The molecule has 0 aliphatic heterocycles. The minimum atomic E-state index is -2.96. The van der Waals surface area contributed by atoms with E-state index >= 15 is 0 Å². The lowest BCUT2D eigenvalue weighted by molar-refractivity contribution is -0.0512. The van der Waals surface area contributed by atoms with Crippen molar-refractivity contribution in [2.24, 2.45) is 0 Å². The third-order valence-electron chi connectivity index (χ3n) is 3.32. The van der Waals surface area contributed by atoms with Gasteiger partial charge in [0, 0.05) is 11.0 Å². The van der Waals surface area contributed by atoms with Gasteiger partial charge in [0.2, 0.25) is 0 Å². The highest BCUT2D eigenvalue weighted by Crippen LogP contribution is 2.29. The highest BCUT2D eigenvalue weighted by Gasteiger charge is 2.13. The fourth-order valence-electron chi connectivity index (χ4n) is 2.15. The maximum Gasteiger partial charge on any atom is 0.387 e. The molecular weight excluding hydrogens is 403 g/mol. The van der Waals surface area contributed by atoms with Crippen molar-refractivity contribution in [3.05, 3.63) is 57.8 Å². The zero-order chi connectivity index (χ0) is 18.4. The summed E-state index contributed by atoms with van der Waals surface area (Å²) in [7, 11) is 1.36. The summed E-state index contributed by atoms with van der Waals surface area (Å²) in [6.07, 6.45) is 0.397. The van der Waals surface area contributed by atoms with Crippen molar-refractivity contribution >= 4 is 21.8 Å². The second-order valence-electron chi connectivity index (χ2n) is 4.99. The third-order valence-corrected chi connectivity index (χ3v) is 3.98. The molecule has 2 rings (SSSR count). The third kappa shape index (κ3) is 5.38. The summed E-state index contributed by atoms with van der Waals surface area (Å²) in [5.41, 5.74) is 0.993. The van der Waals surface area contributed by atoms with Crippen LogP contribution in [0, 0.1) is 5.82 Å². The van der Waals surface area contributed by atoms with E-state index in [1.54, 1.807) is 6.07 Å². The Bertz CT molecular complexity index is 756. The average Bonchev–Trinajstić information content (AvgIpc) is 2.54. The van der Waals surface area contributed by atoms with Gasteiger partial charge < -0.3 is 14.8 Å². The molecule has 134 valence electrons. The molecule has 25 heavy (non-hydrogen) atoms. The fourth-order valence-corrected chi connectivity index (χ4v) is 2.68. The summed E-state index contributed by atoms with van der Waals surface area (Å²) in [5, 5.41) is 2.68. The first-order chi connectivity index (χ1) is 11.9. The largest absolute Gasteiger partial charge is 0.493 e. The number of amides is 1. The fraction of sp³-hybridized carbons (Fsp3) is 0.235. The van der Waals surface area contributed by atoms with Crippen molar-refractivity contribution in [3.8, 4) is 11.5 Å². The van der Waals surface area contributed by atoms with Crippen LogP contribution in [0.1, 0.15) is 15.9 Å². The monoisotopic (exact) mass is 417 g/mol. The molecule has 2 aromatic rings. The maximum absolute atomic E-state index is 13.0. The van der Waals surface area contributed by atoms with Gasteiger partial charge in [0.25, 0.3) is 5.91 Å². The minimum Gasteiger partial charge on any atom is -0.493 e. The van der Waals surface area contributed by atoms with Gasteiger partial charge in [-0.1, -0.05) is 6.07 Å². The predicted octanol–water partition coefficient (Wildman–Crippen LogP) is 4.17. The lowest BCUT2D eigenvalue weighted by Crippen LogP contribution is -2.26. The quantitative estimate of drug-likeness (QED) is 0.735. The first-order valence-corrected chi connectivity index (χ1v) is 8.05. The number of rotatable bonds is 7. The summed E-state index contributed by atoms with van der Waals surface area (Å²) in [4.78, 5) is 12.1. The summed E-state index contributed by atoms with van der Waals surface area (Å²) in [6.45, 7) is -2.69. The molecule has 1 amide bonds. The van der Waals surface area contributed by atoms with Crippen LogP contribution in [0.5, 0.6) is 11.5 Å². The number of hydrogen-bond acceptors (Lipinski definition) is 3. The van der Waals surface area contributed by atoms with Gasteiger partial charge in [0.05, 0.1) is 12.7 Å². The first kappa shape index (κ1) is 19.1. The van der Waals surface area contributed by atoms with Gasteiger partial charge in [-0.05, 0) is 58.2 Å². The van der Waals surface area contributed by atoms with Crippen LogP contribution in [0.2, 0.25) is 0 Å². The molecule has 1 N–H and O–H groups in total. The second kappa shape index (κ2) is 8.75. The molecule has 2 aromatic carbocycles. The topological polar surface area (TPSA) is 47.6 Å². The minimum absolute atomic E-state index is 0.0670. The summed E-state index contributed by atoms with van der Waals surface area (Å²) in [5.74, 6) is -0.691. The molecule has 0 aromatic heterocycles. The smallest absolute Gasteiger partial charge is 0.387 e. The van der Waals surface area contributed by atoms with Crippen LogP contribution < -0.4 is 14.8 Å². The van der Waals surface area contributed by atoms with Crippen LogP contribution in [0.3, 0.4) is 0 Å². The number of alkyl halides is 2. The summed E-state index contributed by atoms with van der Waals surface area (Å²) < 4.78 is 47.6. The Morgan fingerprint density at radius 3 is 2.60 bits per heavy atom. The Hall–Kier alpha value is -2.22. The Kier molecular flexibility index (Phi) is 6.69. The standard InChI is InChI=1S/C17H15BrF3NO3/c1-24-14-5-2-10(8-15(14)25-17(20)21)6-7-22-16(23)12-4-3-11(19)9-13(12)18/h2-5,8-9,17H,6-7H2,1H3,(H,22,23). The molecule has 0 saturated carbocycles. The lowest BCUT2D eigenvalue weighted by atomic mass is 10.1. The molecule has 0 unspecified atom stereocenters. The van der Waals surface area contributed by atoms with Gasteiger partial charge in [-0.15, -0.1) is 0 Å². The van der Waals surface area contributed by atoms with E-state index in [1.165, 1.54) is 37.4 Å². The molecule has 0 fully saturated rings. The number of carbonyl (C=O) groups excluding carboxylic acids is 1. The van der Waals surface area contributed by atoms with E-state index in [0.717, 1.165) is 0 Å². The van der Waals surface area contributed by atoms with Crippen LogP contribution in [-0.4, -0.2) is 26.2 Å². The molecule has 0 radical (unpaired) electrons. The SMILES string of the molecule is COc1ccc(CCNC(=O)c2ccc(F)cc2Br)cc1OC(F)F. The van der Waals surface area contributed by atoms with E-state index in [0.29, 0.717) is 22.0 Å². The number of halogens is 4. The van der Waals surface area contributed by atoms with Crippen LogP contribution in [0.4, 0.5) is 13.2 Å². The highest BCUT2D eigenvalue weighted by molar-refractivity contribution is 9.10. The molecule has 0 heterocycles. The van der Waals surface area contributed by atoms with E-state index in [9.17, 15) is 18.0 Å². The molecule has 0 bridgehead atoms. The number of hydrogen-bond donors (Lipinski definition) is 1. The predicted molar refractivity (Wildman–Crippen MR) is 89.8 cm³/mol. The van der Waals surface area contributed by atoms with Gasteiger partial charge >= 0.3 is 6.61 Å². The van der Waals surface area contributed by atoms with Crippen LogP contribution in [-0.2, 0) is 6.42 Å². The average molecular weight is 418 g/mol. The lowest BCUT2D eigenvalue weighted by Gasteiger charge is -2.12. The number of benzene rings is 2. The highest BCUT2D eigenvalue weighted by atomic mass is 79.9. The number of nitrogens with one attached hydrogen (secondary N) is 1. The molecule has 0 aliphatic carbocycles. The Labute approximate surface area is 151 Å². The molecule has 8 heteroatoms. The molecule has 0 aliphatic rings. The van der Waals surface area contributed by atoms with E-state index in [2.05, 4.69) is 26.0 Å². The van der Waals surface area contributed by atoms with Crippen molar-refractivity contribution in [1.82, 2.24) is 5.32 Å². The van der Waals surface area contributed by atoms with E-state index in [1.807, 2.05) is 0 Å². The van der Waals surface area contributed by atoms with Crippen LogP contribution >= 0.6 is 15.9 Å². The van der Waals surface area contributed by atoms with E-state index in [4.69, 9.17) is 4.74 Å². The summed E-state index contributed by atoms with van der Waals surface area (Å²) >= 11 is 3.13. The Morgan fingerprint density at radius 1 is 1.20 bits per heavy atom. The first-order valence-electron chi connectivity index (χ1n) is 7.25. The van der Waals surface area contributed by atoms with Gasteiger partial charge in [0.1, 0.15) is 5.82 Å². The maximum atomic E-state index is 13.0. The van der Waals surface area contributed by atoms with Crippen LogP contribution in [0.15, 0.2) is 40.9 Å². The zero-order valence-corrected chi connectivity index (χ0v) is 14.8. The van der Waals surface area contributed by atoms with Crippen molar-refractivity contribution in [1.29, 1.82) is 0 Å². The molecule has 0 spiro atoms. The Balaban J connectivity index is 1.98. The van der Waals surface area contributed by atoms with E-state index < -0.39 is 12.4 Å². The zero-order valence-electron chi connectivity index (χ0n) is 13.2.